The van der Waals surface area contributed by atoms with Gasteiger partial charge in [-0.15, -0.1) is 11.3 Å². The smallest absolute Gasteiger partial charge is 0.0992 e. The van der Waals surface area contributed by atoms with Crippen molar-refractivity contribution in [3.8, 4) is 0 Å². The molecule has 0 N–H and O–H groups in total. The molecule has 1 aliphatic heterocycles. The molecule has 2 fully saturated rings. The average molecular weight is 330 g/mol. The molecule has 3 atom stereocenters. The van der Waals surface area contributed by atoms with E-state index in [1.807, 2.05) is 23.6 Å². The van der Waals surface area contributed by atoms with E-state index in [0.29, 0.717) is 12.6 Å². The largest absolute Gasteiger partial charge is 0.373 e. The van der Waals surface area contributed by atoms with Crippen molar-refractivity contribution in [2.24, 2.45) is 0 Å². The van der Waals surface area contributed by atoms with E-state index >= 15 is 0 Å². The van der Waals surface area contributed by atoms with Crippen LogP contribution in [0.4, 0.5) is 0 Å². The first-order chi connectivity index (χ1) is 11.4. The molecule has 0 unspecified atom stereocenters. The van der Waals surface area contributed by atoms with Crippen molar-refractivity contribution in [2.45, 2.75) is 44.2 Å². The predicted molar refractivity (Wildman–Crippen MR) is 90.3 cm³/mol. The fraction of sp³-hybridized carbons (Fsp3) is 0.500. The quantitative estimate of drug-likeness (QED) is 0.844. The lowest BCUT2D eigenvalue weighted by molar-refractivity contribution is -0.118. The van der Waals surface area contributed by atoms with Crippen LogP contribution in [0.25, 0.3) is 0 Å². The van der Waals surface area contributed by atoms with Crippen LogP contribution in [0, 0.1) is 0 Å². The molecule has 2 aliphatic rings. The molecule has 4 nitrogen and oxygen atoms in total. The summed E-state index contributed by atoms with van der Waals surface area (Å²) in [5.41, 5.74) is 1.13. The molecular formula is C18H22N2O2S. The predicted octanol–water partition coefficient (Wildman–Crippen LogP) is 3.09. The maximum atomic E-state index is 6.15. The molecule has 0 aromatic carbocycles. The fourth-order valence-electron chi connectivity index (χ4n) is 3.66. The summed E-state index contributed by atoms with van der Waals surface area (Å²) in [5.74, 6) is 0. The standard InChI is InChI=1S/C18H22N2O2S/c1-3-14(11-19-7-1)13-22-17-6-5-16-18(17)21-9-8-20(16)12-15-4-2-10-23-15/h1-4,7,10-11,16-18H,5-6,8-9,12-13H2/t16-,17+,18+/m0/s1. The van der Waals surface area contributed by atoms with Gasteiger partial charge in [0.1, 0.15) is 0 Å². The Kier molecular flexibility index (Phi) is 4.71. The molecule has 4 rings (SSSR count). The van der Waals surface area contributed by atoms with Crippen molar-refractivity contribution < 1.29 is 9.47 Å². The van der Waals surface area contributed by atoms with Crippen LogP contribution >= 0.6 is 11.3 Å². The van der Waals surface area contributed by atoms with E-state index in [1.165, 1.54) is 4.88 Å². The zero-order valence-corrected chi connectivity index (χ0v) is 14.0. The van der Waals surface area contributed by atoms with Gasteiger partial charge in [0.25, 0.3) is 0 Å². The van der Waals surface area contributed by atoms with Gasteiger partial charge in [-0.3, -0.25) is 9.88 Å². The zero-order chi connectivity index (χ0) is 15.5. The monoisotopic (exact) mass is 330 g/mol. The molecule has 1 saturated heterocycles. The van der Waals surface area contributed by atoms with E-state index in [0.717, 1.165) is 38.1 Å². The molecule has 0 bridgehead atoms. The Balaban J connectivity index is 1.37. The van der Waals surface area contributed by atoms with E-state index in [4.69, 9.17) is 9.47 Å². The molecular weight excluding hydrogens is 308 g/mol. The van der Waals surface area contributed by atoms with Crippen LogP contribution in [-0.4, -0.2) is 41.3 Å². The number of nitrogens with zero attached hydrogens (tertiary/aromatic N) is 2. The van der Waals surface area contributed by atoms with Crippen molar-refractivity contribution in [1.29, 1.82) is 0 Å². The number of fused-ring (bicyclic) bond motifs is 1. The number of ether oxygens (including phenoxy) is 2. The number of thiophene rings is 1. The Morgan fingerprint density at radius 1 is 1.30 bits per heavy atom. The molecule has 5 heteroatoms. The zero-order valence-electron chi connectivity index (χ0n) is 13.1. The first-order valence-electron chi connectivity index (χ1n) is 8.29. The molecule has 122 valence electrons. The molecule has 3 heterocycles. The van der Waals surface area contributed by atoms with Crippen molar-refractivity contribution >= 4 is 11.3 Å². The number of aromatic nitrogens is 1. The van der Waals surface area contributed by atoms with E-state index in [-0.39, 0.29) is 12.2 Å². The van der Waals surface area contributed by atoms with Crippen molar-refractivity contribution in [3.05, 3.63) is 52.5 Å². The molecule has 0 radical (unpaired) electrons. The topological polar surface area (TPSA) is 34.6 Å². The lowest BCUT2D eigenvalue weighted by atomic mass is 10.1. The second-order valence-electron chi connectivity index (χ2n) is 6.24. The van der Waals surface area contributed by atoms with Crippen LogP contribution in [0.3, 0.4) is 0 Å². The third-order valence-electron chi connectivity index (χ3n) is 4.78. The van der Waals surface area contributed by atoms with Gasteiger partial charge in [0.05, 0.1) is 25.4 Å². The van der Waals surface area contributed by atoms with Gasteiger partial charge >= 0.3 is 0 Å². The van der Waals surface area contributed by atoms with Gasteiger partial charge in [-0.2, -0.15) is 0 Å². The molecule has 2 aromatic rings. The molecule has 1 saturated carbocycles. The second kappa shape index (κ2) is 7.09. The molecule has 23 heavy (non-hydrogen) atoms. The second-order valence-corrected chi connectivity index (χ2v) is 7.27. The summed E-state index contributed by atoms with van der Waals surface area (Å²) < 4.78 is 12.2. The van der Waals surface area contributed by atoms with Crippen molar-refractivity contribution in [1.82, 2.24) is 9.88 Å². The minimum absolute atomic E-state index is 0.200. The van der Waals surface area contributed by atoms with Crippen LogP contribution in [0.2, 0.25) is 0 Å². The van der Waals surface area contributed by atoms with Gasteiger partial charge in [0.2, 0.25) is 0 Å². The third-order valence-corrected chi connectivity index (χ3v) is 5.64. The van der Waals surface area contributed by atoms with Crippen LogP contribution in [0.15, 0.2) is 42.0 Å². The SMILES string of the molecule is c1cncc(CO[C@@H]2CC[C@H]3[C@H]2OCCN3Cc2cccs2)c1. The summed E-state index contributed by atoms with van der Waals surface area (Å²) >= 11 is 1.84. The summed E-state index contributed by atoms with van der Waals surface area (Å²) in [6, 6.07) is 8.86. The Bertz CT molecular complexity index is 605. The maximum absolute atomic E-state index is 6.15. The summed E-state index contributed by atoms with van der Waals surface area (Å²) in [7, 11) is 0. The van der Waals surface area contributed by atoms with Gasteiger partial charge in [-0.1, -0.05) is 12.1 Å². The van der Waals surface area contributed by atoms with Gasteiger partial charge in [-0.05, 0) is 35.9 Å². The number of hydrogen-bond donors (Lipinski definition) is 0. The summed E-state index contributed by atoms with van der Waals surface area (Å²) in [6.45, 7) is 3.49. The Labute approximate surface area is 141 Å². The minimum atomic E-state index is 0.200. The Hall–Kier alpha value is -1.27. The van der Waals surface area contributed by atoms with E-state index in [1.54, 1.807) is 6.20 Å². The van der Waals surface area contributed by atoms with E-state index in [2.05, 4.69) is 33.5 Å². The lowest BCUT2D eigenvalue weighted by Gasteiger charge is -2.38. The molecule has 0 amide bonds. The summed E-state index contributed by atoms with van der Waals surface area (Å²) in [5, 5.41) is 2.15. The molecule has 2 aromatic heterocycles. The maximum Gasteiger partial charge on any atom is 0.0992 e. The molecule has 1 aliphatic carbocycles. The van der Waals surface area contributed by atoms with Crippen molar-refractivity contribution in [2.75, 3.05) is 13.2 Å². The molecule has 0 spiro atoms. The van der Waals surface area contributed by atoms with Gasteiger partial charge in [0.15, 0.2) is 0 Å². The highest BCUT2D eigenvalue weighted by Crippen LogP contribution is 2.33. The van der Waals surface area contributed by atoms with Crippen LogP contribution < -0.4 is 0 Å². The normalized spacial score (nSPS) is 27.9. The van der Waals surface area contributed by atoms with Crippen LogP contribution in [0.1, 0.15) is 23.3 Å². The minimum Gasteiger partial charge on any atom is -0.373 e. The lowest BCUT2D eigenvalue weighted by Crippen LogP contribution is -2.51. The summed E-state index contributed by atoms with van der Waals surface area (Å²) in [4.78, 5) is 8.16. The van der Waals surface area contributed by atoms with Gasteiger partial charge < -0.3 is 9.47 Å². The summed E-state index contributed by atoms with van der Waals surface area (Å²) in [6.07, 6.45) is 6.32. The number of pyridine rings is 1. The van der Waals surface area contributed by atoms with Gasteiger partial charge in [-0.25, -0.2) is 0 Å². The average Bonchev–Trinajstić information content (AvgIpc) is 3.24. The van der Waals surface area contributed by atoms with Crippen LogP contribution in [0.5, 0.6) is 0 Å². The highest BCUT2D eigenvalue weighted by Gasteiger charge is 2.43. The van der Waals surface area contributed by atoms with Gasteiger partial charge in [0, 0.05) is 36.4 Å². The highest BCUT2D eigenvalue weighted by atomic mass is 32.1. The van der Waals surface area contributed by atoms with E-state index < -0.39 is 0 Å². The number of morpholine rings is 1. The first-order valence-corrected chi connectivity index (χ1v) is 9.16. The van der Waals surface area contributed by atoms with Crippen LogP contribution in [-0.2, 0) is 22.6 Å². The van der Waals surface area contributed by atoms with E-state index in [9.17, 15) is 0 Å². The van der Waals surface area contributed by atoms with Crippen molar-refractivity contribution in [3.63, 3.8) is 0 Å². The number of hydrogen-bond acceptors (Lipinski definition) is 5. The fourth-order valence-corrected chi connectivity index (χ4v) is 4.39. The third kappa shape index (κ3) is 3.48. The Morgan fingerprint density at radius 3 is 3.13 bits per heavy atom. The highest BCUT2D eigenvalue weighted by molar-refractivity contribution is 7.09. The first kappa shape index (κ1) is 15.3. The number of rotatable bonds is 5. The Morgan fingerprint density at radius 2 is 2.30 bits per heavy atom.